The standard InChI is InChI=1S/C17H15ClN6S/c1-8-12-14-15(25-17(12)24-9(2)13(8)18)16(23-7-22-14)21-6-11-4-19-10(3)20-5-11/h4-5,7H,6H2,1-3H3,(H,21,22,23). The van der Waals surface area contributed by atoms with Gasteiger partial charge in [-0.15, -0.1) is 11.3 Å². The number of thiophene rings is 1. The maximum absolute atomic E-state index is 6.38. The van der Waals surface area contributed by atoms with Gasteiger partial charge in [0.15, 0.2) is 0 Å². The summed E-state index contributed by atoms with van der Waals surface area (Å²) in [6, 6.07) is 0. The van der Waals surface area contributed by atoms with Gasteiger partial charge in [0, 0.05) is 29.9 Å². The van der Waals surface area contributed by atoms with Crippen LogP contribution in [0.3, 0.4) is 0 Å². The first-order chi connectivity index (χ1) is 12.0. The molecule has 0 aliphatic rings. The lowest BCUT2D eigenvalue weighted by Crippen LogP contribution is -2.03. The molecule has 6 nitrogen and oxygen atoms in total. The van der Waals surface area contributed by atoms with Crippen LogP contribution in [-0.2, 0) is 6.54 Å². The lowest BCUT2D eigenvalue weighted by molar-refractivity contribution is 0.989. The Kier molecular flexibility index (Phi) is 3.97. The molecule has 25 heavy (non-hydrogen) atoms. The Morgan fingerprint density at radius 3 is 2.60 bits per heavy atom. The van der Waals surface area contributed by atoms with Crippen LogP contribution in [0.25, 0.3) is 20.4 Å². The number of aryl methyl sites for hydroxylation is 3. The van der Waals surface area contributed by atoms with E-state index in [-0.39, 0.29) is 0 Å². The summed E-state index contributed by atoms with van der Waals surface area (Å²) in [4.78, 5) is 22.8. The zero-order chi connectivity index (χ0) is 17.6. The molecule has 4 heterocycles. The Morgan fingerprint density at radius 1 is 1.08 bits per heavy atom. The first-order valence-corrected chi connectivity index (χ1v) is 8.95. The second kappa shape index (κ2) is 6.16. The molecule has 4 rings (SSSR count). The molecule has 0 saturated carbocycles. The van der Waals surface area contributed by atoms with Crippen LogP contribution in [0.5, 0.6) is 0 Å². The number of nitrogens with one attached hydrogen (secondary N) is 1. The number of halogens is 1. The van der Waals surface area contributed by atoms with E-state index in [9.17, 15) is 0 Å². The van der Waals surface area contributed by atoms with Crippen LogP contribution < -0.4 is 5.32 Å². The van der Waals surface area contributed by atoms with Crippen LogP contribution in [0.1, 0.15) is 22.6 Å². The van der Waals surface area contributed by atoms with Gasteiger partial charge in [-0.2, -0.15) is 0 Å². The quantitative estimate of drug-likeness (QED) is 0.581. The van der Waals surface area contributed by atoms with Gasteiger partial charge in [0.2, 0.25) is 0 Å². The van der Waals surface area contributed by atoms with Crippen LogP contribution in [-0.4, -0.2) is 24.9 Å². The normalized spacial score (nSPS) is 11.4. The molecule has 8 heteroatoms. The number of pyridine rings is 1. The summed E-state index contributed by atoms with van der Waals surface area (Å²) in [7, 11) is 0. The Hall–Kier alpha value is -2.38. The van der Waals surface area contributed by atoms with Crippen molar-refractivity contribution < 1.29 is 0 Å². The smallest absolute Gasteiger partial charge is 0.147 e. The van der Waals surface area contributed by atoms with E-state index in [1.807, 2.05) is 33.2 Å². The number of fused-ring (bicyclic) bond motifs is 3. The first kappa shape index (κ1) is 16.1. The maximum atomic E-state index is 6.38. The molecular weight excluding hydrogens is 356 g/mol. The largest absolute Gasteiger partial charge is 0.365 e. The lowest BCUT2D eigenvalue weighted by Gasteiger charge is -2.06. The molecule has 126 valence electrons. The van der Waals surface area contributed by atoms with E-state index >= 15 is 0 Å². The molecule has 0 spiro atoms. The van der Waals surface area contributed by atoms with Crippen molar-refractivity contribution in [2.75, 3.05) is 5.32 Å². The highest BCUT2D eigenvalue weighted by Crippen LogP contribution is 2.39. The molecule has 0 aliphatic carbocycles. The summed E-state index contributed by atoms with van der Waals surface area (Å²) < 4.78 is 0.975. The second-order valence-electron chi connectivity index (χ2n) is 5.81. The van der Waals surface area contributed by atoms with Gasteiger partial charge in [0.1, 0.15) is 22.8 Å². The van der Waals surface area contributed by atoms with Gasteiger partial charge in [0.05, 0.1) is 20.9 Å². The van der Waals surface area contributed by atoms with E-state index in [0.29, 0.717) is 11.6 Å². The van der Waals surface area contributed by atoms with Gasteiger partial charge in [-0.1, -0.05) is 11.6 Å². The molecule has 0 aliphatic heterocycles. The van der Waals surface area contributed by atoms with E-state index in [0.717, 1.165) is 48.9 Å². The number of anilines is 1. The summed E-state index contributed by atoms with van der Waals surface area (Å²) >= 11 is 7.95. The average Bonchev–Trinajstić information content (AvgIpc) is 2.98. The summed E-state index contributed by atoms with van der Waals surface area (Å²) in [5, 5.41) is 5.04. The van der Waals surface area contributed by atoms with Crippen molar-refractivity contribution in [2.24, 2.45) is 0 Å². The Morgan fingerprint density at radius 2 is 1.84 bits per heavy atom. The molecule has 0 amide bonds. The van der Waals surface area contributed by atoms with E-state index < -0.39 is 0 Å². The zero-order valence-corrected chi connectivity index (χ0v) is 15.5. The number of rotatable bonds is 3. The van der Waals surface area contributed by atoms with Gasteiger partial charge < -0.3 is 5.32 Å². The highest BCUT2D eigenvalue weighted by molar-refractivity contribution is 7.26. The molecule has 1 N–H and O–H groups in total. The molecule has 4 aromatic rings. The van der Waals surface area contributed by atoms with E-state index in [1.165, 1.54) is 0 Å². The molecule has 0 radical (unpaired) electrons. The van der Waals surface area contributed by atoms with Gasteiger partial charge in [-0.25, -0.2) is 24.9 Å². The van der Waals surface area contributed by atoms with Crippen LogP contribution in [0.15, 0.2) is 18.7 Å². The van der Waals surface area contributed by atoms with E-state index in [1.54, 1.807) is 17.7 Å². The van der Waals surface area contributed by atoms with Gasteiger partial charge in [0.25, 0.3) is 0 Å². The minimum absolute atomic E-state index is 0.590. The minimum atomic E-state index is 0.590. The Labute approximate surface area is 153 Å². The fourth-order valence-corrected chi connectivity index (χ4v) is 4.06. The van der Waals surface area contributed by atoms with E-state index in [2.05, 4.69) is 30.2 Å². The third-order valence-corrected chi connectivity index (χ3v) is 5.68. The van der Waals surface area contributed by atoms with Gasteiger partial charge >= 0.3 is 0 Å². The van der Waals surface area contributed by atoms with Crippen molar-refractivity contribution >= 4 is 49.2 Å². The monoisotopic (exact) mass is 370 g/mol. The topological polar surface area (TPSA) is 76.5 Å². The molecule has 4 aromatic heterocycles. The Bertz CT molecular complexity index is 1090. The average molecular weight is 371 g/mol. The van der Waals surface area contributed by atoms with Gasteiger partial charge in [-0.05, 0) is 26.3 Å². The molecular formula is C17H15ClN6S. The van der Waals surface area contributed by atoms with E-state index in [4.69, 9.17) is 11.6 Å². The highest BCUT2D eigenvalue weighted by atomic mass is 35.5. The first-order valence-electron chi connectivity index (χ1n) is 7.76. The molecule has 0 aromatic carbocycles. The second-order valence-corrected chi connectivity index (χ2v) is 7.19. The highest BCUT2D eigenvalue weighted by Gasteiger charge is 2.17. The lowest BCUT2D eigenvalue weighted by atomic mass is 10.1. The maximum Gasteiger partial charge on any atom is 0.147 e. The van der Waals surface area contributed by atoms with Crippen LogP contribution >= 0.6 is 22.9 Å². The fourth-order valence-electron chi connectivity index (χ4n) is 2.72. The fraction of sp³-hybridized carbons (Fsp3) is 0.235. The summed E-state index contributed by atoms with van der Waals surface area (Å²) in [5.41, 5.74) is 3.71. The third kappa shape index (κ3) is 2.79. The van der Waals surface area contributed by atoms with Crippen molar-refractivity contribution in [3.63, 3.8) is 0 Å². The number of hydrogen-bond acceptors (Lipinski definition) is 7. The predicted octanol–water partition coefficient (Wildman–Crippen LogP) is 4.22. The van der Waals surface area contributed by atoms with Crippen molar-refractivity contribution in [2.45, 2.75) is 27.3 Å². The number of aromatic nitrogens is 5. The number of nitrogens with zero attached hydrogens (tertiary/aromatic N) is 5. The van der Waals surface area contributed by atoms with Crippen molar-refractivity contribution in [1.29, 1.82) is 0 Å². The SMILES string of the molecule is Cc1ncc(CNc2ncnc3c2sc2nc(C)c(Cl)c(C)c23)cn1. The van der Waals surface area contributed by atoms with Crippen LogP contribution in [0, 0.1) is 20.8 Å². The zero-order valence-electron chi connectivity index (χ0n) is 14.0. The molecule has 0 fully saturated rings. The molecule has 0 atom stereocenters. The Balaban J connectivity index is 1.78. The van der Waals surface area contributed by atoms with Crippen LogP contribution in [0.4, 0.5) is 5.82 Å². The summed E-state index contributed by atoms with van der Waals surface area (Å²) in [5.74, 6) is 1.54. The van der Waals surface area contributed by atoms with Crippen LogP contribution in [0.2, 0.25) is 5.02 Å². The predicted molar refractivity (Wildman–Crippen MR) is 101 cm³/mol. The summed E-state index contributed by atoms with van der Waals surface area (Å²) in [6.07, 6.45) is 5.19. The third-order valence-electron chi connectivity index (χ3n) is 4.04. The minimum Gasteiger partial charge on any atom is -0.365 e. The summed E-state index contributed by atoms with van der Waals surface area (Å²) in [6.45, 7) is 6.38. The van der Waals surface area contributed by atoms with Crippen molar-refractivity contribution in [1.82, 2.24) is 24.9 Å². The molecule has 0 saturated heterocycles. The number of hydrogen-bond donors (Lipinski definition) is 1. The molecule has 0 unspecified atom stereocenters. The molecule has 0 bridgehead atoms. The van der Waals surface area contributed by atoms with Crippen molar-refractivity contribution in [3.05, 3.63) is 46.4 Å². The van der Waals surface area contributed by atoms with Crippen molar-refractivity contribution in [3.8, 4) is 0 Å². The van der Waals surface area contributed by atoms with Gasteiger partial charge in [-0.3, -0.25) is 0 Å².